The standard InChI is InChI=1S/C15H12N2O/c1-10(9-16)11-4-5-14-13(7-11)8-12-3-2-6-17-15(12)18-14/h2-7,10H,8H2,1H3/t10-/m0/s1. The maximum Gasteiger partial charge on any atom is 0.222 e. The highest BCUT2D eigenvalue weighted by Crippen LogP contribution is 2.36. The first-order valence-corrected chi connectivity index (χ1v) is 5.92. The summed E-state index contributed by atoms with van der Waals surface area (Å²) in [5.41, 5.74) is 3.24. The first-order valence-electron chi connectivity index (χ1n) is 5.92. The minimum atomic E-state index is -0.0920. The molecule has 0 fully saturated rings. The number of aromatic nitrogens is 1. The van der Waals surface area contributed by atoms with Gasteiger partial charge in [-0.2, -0.15) is 5.26 Å². The SMILES string of the molecule is C[C@@H](C#N)c1ccc2c(c1)Cc1cccnc1O2. The fourth-order valence-electron chi connectivity index (χ4n) is 2.14. The monoisotopic (exact) mass is 236 g/mol. The van der Waals surface area contributed by atoms with E-state index in [1.807, 2.05) is 31.2 Å². The van der Waals surface area contributed by atoms with Crippen LogP contribution in [-0.4, -0.2) is 4.98 Å². The maximum atomic E-state index is 8.96. The lowest BCUT2D eigenvalue weighted by Crippen LogP contribution is -2.05. The van der Waals surface area contributed by atoms with Crippen molar-refractivity contribution >= 4 is 0 Å². The summed E-state index contributed by atoms with van der Waals surface area (Å²) >= 11 is 0. The van der Waals surface area contributed by atoms with Crippen molar-refractivity contribution in [1.82, 2.24) is 4.98 Å². The number of ether oxygens (including phenoxy) is 1. The number of benzene rings is 1. The molecule has 3 heteroatoms. The normalized spacial score (nSPS) is 13.8. The van der Waals surface area contributed by atoms with Crippen LogP contribution in [-0.2, 0) is 6.42 Å². The third kappa shape index (κ3) is 1.72. The lowest BCUT2D eigenvalue weighted by molar-refractivity contribution is 0.440. The van der Waals surface area contributed by atoms with Gasteiger partial charge in [-0.05, 0) is 30.2 Å². The molecule has 3 nitrogen and oxygen atoms in total. The molecule has 2 heterocycles. The topological polar surface area (TPSA) is 45.9 Å². The number of hydrogen-bond acceptors (Lipinski definition) is 3. The molecule has 1 atom stereocenters. The van der Waals surface area contributed by atoms with Crippen LogP contribution in [0.25, 0.3) is 0 Å². The average Bonchev–Trinajstić information content (AvgIpc) is 2.43. The molecule has 3 rings (SSSR count). The Balaban J connectivity index is 2.01. The predicted molar refractivity (Wildman–Crippen MR) is 67.6 cm³/mol. The smallest absolute Gasteiger partial charge is 0.222 e. The van der Waals surface area contributed by atoms with Crippen molar-refractivity contribution in [3.05, 3.63) is 53.2 Å². The van der Waals surface area contributed by atoms with Crippen molar-refractivity contribution in [2.75, 3.05) is 0 Å². The van der Waals surface area contributed by atoms with Crippen LogP contribution in [0.15, 0.2) is 36.5 Å². The molecule has 0 spiro atoms. The molecule has 0 saturated carbocycles. The van der Waals surface area contributed by atoms with Crippen molar-refractivity contribution in [2.24, 2.45) is 0 Å². The van der Waals surface area contributed by atoms with E-state index in [1.165, 1.54) is 0 Å². The van der Waals surface area contributed by atoms with Crippen molar-refractivity contribution in [3.8, 4) is 17.7 Å². The summed E-state index contributed by atoms with van der Waals surface area (Å²) in [5, 5.41) is 8.96. The average molecular weight is 236 g/mol. The van der Waals surface area contributed by atoms with Gasteiger partial charge in [-0.1, -0.05) is 18.2 Å². The minimum Gasteiger partial charge on any atom is -0.438 e. The number of nitrogens with zero attached hydrogens (tertiary/aromatic N) is 2. The second-order valence-corrected chi connectivity index (χ2v) is 4.46. The van der Waals surface area contributed by atoms with Gasteiger partial charge in [0.05, 0.1) is 12.0 Å². The Kier molecular flexibility index (Phi) is 2.49. The molecule has 18 heavy (non-hydrogen) atoms. The van der Waals surface area contributed by atoms with Crippen molar-refractivity contribution in [1.29, 1.82) is 5.26 Å². The van der Waals surface area contributed by atoms with E-state index < -0.39 is 0 Å². The first-order chi connectivity index (χ1) is 8.78. The van der Waals surface area contributed by atoms with Crippen LogP contribution in [0.3, 0.4) is 0 Å². The number of pyridine rings is 1. The van der Waals surface area contributed by atoms with Crippen molar-refractivity contribution in [3.63, 3.8) is 0 Å². The Labute approximate surface area is 106 Å². The summed E-state index contributed by atoms with van der Waals surface area (Å²) in [6.07, 6.45) is 2.54. The van der Waals surface area contributed by atoms with E-state index in [2.05, 4.69) is 17.1 Å². The van der Waals surface area contributed by atoms with Gasteiger partial charge in [0.15, 0.2) is 0 Å². The summed E-state index contributed by atoms with van der Waals surface area (Å²) in [6.45, 7) is 1.90. The van der Waals surface area contributed by atoms with Gasteiger partial charge in [0.1, 0.15) is 5.75 Å². The van der Waals surface area contributed by atoms with Gasteiger partial charge < -0.3 is 4.74 Å². The summed E-state index contributed by atoms with van der Waals surface area (Å²) in [5.74, 6) is 1.44. The van der Waals surface area contributed by atoms with E-state index in [0.717, 1.165) is 28.9 Å². The summed E-state index contributed by atoms with van der Waals surface area (Å²) in [6, 6.07) is 12.1. The highest BCUT2D eigenvalue weighted by molar-refractivity contribution is 5.49. The van der Waals surface area contributed by atoms with E-state index in [9.17, 15) is 0 Å². The Morgan fingerprint density at radius 1 is 1.33 bits per heavy atom. The van der Waals surface area contributed by atoms with E-state index >= 15 is 0 Å². The molecule has 88 valence electrons. The van der Waals surface area contributed by atoms with Crippen LogP contribution in [0.2, 0.25) is 0 Å². The van der Waals surface area contributed by atoms with Crippen LogP contribution >= 0.6 is 0 Å². The van der Waals surface area contributed by atoms with E-state index in [1.54, 1.807) is 6.20 Å². The van der Waals surface area contributed by atoms with E-state index in [-0.39, 0.29) is 5.92 Å². The van der Waals surface area contributed by atoms with Gasteiger partial charge in [0.2, 0.25) is 5.88 Å². The van der Waals surface area contributed by atoms with E-state index in [0.29, 0.717) is 5.88 Å². The molecule has 1 aliphatic rings. The summed E-state index contributed by atoms with van der Waals surface area (Å²) in [7, 11) is 0. The zero-order chi connectivity index (χ0) is 12.5. The highest BCUT2D eigenvalue weighted by Gasteiger charge is 2.18. The van der Waals surface area contributed by atoms with Crippen LogP contribution in [0.1, 0.15) is 29.5 Å². The van der Waals surface area contributed by atoms with Gasteiger partial charge in [-0.15, -0.1) is 0 Å². The van der Waals surface area contributed by atoms with Crippen LogP contribution in [0, 0.1) is 11.3 Å². The van der Waals surface area contributed by atoms with Gasteiger partial charge in [-0.3, -0.25) is 0 Å². The molecule has 0 saturated heterocycles. The zero-order valence-electron chi connectivity index (χ0n) is 10.1. The highest BCUT2D eigenvalue weighted by atomic mass is 16.5. The number of rotatable bonds is 1. The molecular weight excluding hydrogens is 224 g/mol. The Morgan fingerprint density at radius 3 is 3.06 bits per heavy atom. The van der Waals surface area contributed by atoms with Gasteiger partial charge in [-0.25, -0.2) is 4.98 Å². The quantitative estimate of drug-likeness (QED) is 0.650. The number of fused-ring (bicyclic) bond motifs is 2. The second kappa shape index (κ2) is 4.15. The molecule has 2 aromatic rings. The van der Waals surface area contributed by atoms with E-state index in [4.69, 9.17) is 10.00 Å². The Bertz CT molecular complexity index is 643. The molecule has 0 unspecified atom stereocenters. The van der Waals surface area contributed by atoms with Crippen molar-refractivity contribution < 1.29 is 4.74 Å². The summed E-state index contributed by atoms with van der Waals surface area (Å²) in [4.78, 5) is 4.22. The fourth-order valence-corrected chi connectivity index (χ4v) is 2.14. The second-order valence-electron chi connectivity index (χ2n) is 4.46. The molecule has 1 aromatic carbocycles. The fraction of sp³-hybridized carbons (Fsp3) is 0.200. The molecular formula is C15H12N2O. The molecule has 0 amide bonds. The predicted octanol–water partition coefficient (Wildman–Crippen LogP) is 3.41. The van der Waals surface area contributed by atoms with Gasteiger partial charge in [0, 0.05) is 18.2 Å². The van der Waals surface area contributed by atoms with Crippen LogP contribution in [0.5, 0.6) is 11.6 Å². The molecule has 0 radical (unpaired) electrons. The first kappa shape index (κ1) is 10.8. The molecule has 1 aliphatic heterocycles. The summed E-state index contributed by atoms with van der Waals surface area (Å²) < 4.78 is 5.75. The maximum absolute atomic E-state index is 8.96. The lowest BCUT2D eigenvalue weighted by Gasteiger charge is -2.19. The molecule has 0 bridgehead atoms. The molecule has 0 aliphatic carbocycles. The Morgan fingerprint density at radius 2 is 2.22 bits per heavy atom. The minimum absolute atomic E-state index is 0.0920. The van der Waals surface area contributed by atoms with Gasteiger partial charge >= 0.3 is 0 Å². The van der Waals surface area contributed by atoms with Crippen LogP contribution < -0.4 is 4.74 Å². The lowest BCUT2D eigenvalue weighted by atomic mass is 9.95. The third-order valence-electron chi connectivity index (χ3n) is 3.22. The van der Waals surface area contributed by atoms with Crippen LogP contribution in [0.4, 0.5) is 0 Å². The van der Waals surface area contributed by atoms with Crippen molar-refractivity contribution in [2.45, 2.75) is 19.3 Å². The zero-order valence-corrected chi connectivity index (χ0v) is 10.1. The largest absolute Gasteiger partial charge is 0.438 e. The molecule has 1 aromatic heterocycles. The molecule has 0 N–H and O–H groups in total. The number of nitriles is 1. The number of hydrogen-bond donors (Lipinski definition) is 0. The van der Waals surface area contributed by atoms with Gasteiger partial charge in [0.25, 0.3) is 0 Å². The Hall–Kier alpha value is -2.34. The third-order valence-corrected chi connectivity index (χ3v) is 3.22.